The fourth-order valence-electron chi connectivity index (χ4n) is 3.68. The van der Waals surface area contributed by atoms with Gasteiger partial charge in [0, 0.05) is 31.1 Å². The second-order valence-electron chi connectivity index (χ2n) is 7.93. The molecule has 0 bridgehead atoms. The molecule has 9 heteroatoms. The van der Waals surface area contributed by atoms with E-state index in [2.05, 4.69) is 15.6 Å². The van der Waals surface area contributed by atoms with E-state index in [1.807, 2.05) is 20.8 Å². The number of fused-ring (bicyclic) bond motifs is 1. The summed E-state index contributed by atoms with van der Waals surface area (Å²) < 4.78 is 42.8. The Morgan fingerprint density at radius 1 is 1.39 bits per heavy atom. The smallest absolute Gasteiger partial charge is 0.191 e. The van der Waals surface area contributed by atoms with Crippen LogP contribution in [-0.2, 0) is 9.84 Å². The molecule has 28 heavy (non-hydrogen) atoms. The number of hydrogen-bond donors (Lipinski definition) is 2. The van der Waals surface area contributed by atoms with Gasteiger partial charge >= 0.3 is 0 Å². The highest BCUT2D eigenvalue weighted by Crippen LogP contribution is 2.39. The Kier molecular flexibility index (Phi) is 7.57. The number of nitrogens with zero attached hydrogens (tertiary/aromatic N) is 1. The zero-order chi connectivity index (χ0) is 19.7. The van der Waals surface area contributed by atoms with Gasteiger partial charge in [0.2, 0.25) is 0 Å². The highest BCUT2D eigenvalue weighted by molar-refractivity contribution is 14.0. The molecular weight excluding hydrogens is 496 g/mol. The van der Waals surface area contributed by atoms with E-state index in [0.717, 1.165) is 5.56 Å². The fraction of sp³-hybridized carbons (Fsp3) is 0.632. The number of nitrogens with one attached hydrogen (secondary N) is 2. The summed E-state index contributed by atoms with van der Waals surface area (Å²) in [7, 11) is -2.90. The normalized spacial score (nSPS) is 25.2. The molecule has 158 valence electrons. The Balaban J connectivity index is 0.00000280. The molecule has 2 atom stereocenters. The van der Waals surface area contributed by atoms with Gasteiger partial charge in [-0.2, -0.15) is 0 Å². The summed E-state index contributed by atoms with van der Waals surface area (Å²) in [4.78, 5) is 4.61. The minimum absolute atomic E-state index is 0. The van der Waals surface area contributed by atoms with Gasteiger partial charge in [-0.1, -0.05) is 6.07 Å². The first kappa shape index (κ1) is 23.2. The van der Waals surface area contributed by atoms with Crippen LogP contribution in [0.25, 0.3) is 0 Å². The average molecular weight is 525 g/mol. The van der Waals surface area contributed by atoms with E-state index in [0.29, 0.717) is 37.6 Å². The van der Waals surface area contributed by atoms with Crippen molar-refractivity contribution >= 4 is 39.8 Å². The standard InChI is InChI=1S/C19H28FN3O3S.HI/c1-4-21-18(22-11-13-7-8-27(24,25)12-13)23-16-10-19(2,3)26-17-9-14(20)5-6-15(16)17;/h5-6,9,13,16H,4,7-8,10-12H2,1-3H3,(H2,21,22,23);1H. The predicted octanol–water partition coefficient (Wildman–Crippen LogP) is 3.04. The molecule has 6 nitrogen and oxygen atoms in total. The zero-order valence-electron chi connectivity index (χ0n) is 16.5. The molecule has 0 saturated carbocycles. The van der Waals surface area contributed by atoms with Gasteiger partial charge in [-0.05, 0) is 39.2 Å². The van der Waals surface area contributed by atoms with E-state index in [1.165, 1.54) is 12.1 Å². The molecule has 1 aromatic rings. The Morgan fingerprint density at radius 3 is 2.79 bits per heavy atom. The van der Waals surface area contributed by atoms with Crippen molar-refractivity contribution in [2.75, 3.05) is 24.6 Å². The molecule has 0 amide bonds. The molecule has 3 rings (SSSR count). The van der Waals surface area contributed by atoms with E-state index < -0.39 is 15.4 Å². The Hall–Kier alpha value is -1.10. The monoisotopic (exact) mass is 525 g/mol. The Bertz CT molecular complexity index is 830. The molecule has 1 aromatic carbocycles. The number of sulfone groups is 1. The lowest BCUT2D eigenvalue weighted by molar-refractivity contribution is 0.0689. The van der Waals surface area contributed by atoms with Gasteiger partial charge < -0.3 is 15.4 Å². The number of rotatable bonds is 4. The van der Waals surface area contributed by atoms with Crippen LogP contribution in [0.1, 0.15) is 45.2 Å². The number of halogens is 2. The van der Waals surface area contributed by atoms with Crippen LogP contribution in [0, 0.1) is 11.7 Å². The Labute approximate surface area is 183 Å². The topological polar surface area (TPSA) is 79.8 Å². The highest BCUT2D eigenvalue weighted by Gasteiger charge is 2.34. The van der Waals surface area contributed by atoms with Gasteiger partial charge in [0.05, 0.1) is 17.5 Å². The summed E-state index contributed by atoms with van der Waals surface area (Å²) in [5, 5.41) is 6.64. The van der Waals surface area contributed by atoms with Crippen LogP contribution in [0.5, 0.6) is 5.75 Å². The third-order valence-electron chi connectivity index (χ3n) is 4.92. The van der Waals surface area contributed by atoms with Crippen molar-refractivity contribution in [2.45, 2.75) is 45.3 Å². The quantitative estimate of drug-likeness (QED) is 0.359. The maximum Gasteiger partial charge on any atom is 0.191 e. The third-order valence-corrected chi connectivity index (χ3v) is 6.76. The van der Waals surface area contributed by atoms with Crippen LogP contribution < -0.4 is 15.4 Å². The van der Waals surface area contributed by atoms with Crippen LogP contribution in [0.4, 0.5) is 4.39 Å². The summed E-state index contributed by atoms with van der Waals surface area (Å²) in [6, 6.07) is 4.51. The maximum absolute atomic E-state index is 13.6. The molecular formula is C19H29FIN3O3S. The molecule has 2 aliphatic rings. The first-order valence-corrected chi connectivity index (χ1v) is 11.2. The van der Waals surface area contributed by atoms with Crippen molar-refractivity contribution in [1.82, 2.24) is 10.6 Å². The van der Waals surface area contributed by atoms with Crippen LogP contribution in [0.15, 0.2) is 23.2 Å². The van der Waals surface area contributed by atoms with E-state index >= 15 is 0 Å². The third kappa shape index (κ3) is 5.95. The van der Waals surface area contributed by atoms with Gasteiger partial charge in [-0.25, -0.2) is 12.8 Å². The molecule has 0 radical (unpaired) electrons. The predicted molar refractivity (Wildman–Crippen MR) is 120 cm³/mol. The number of benzene rings is 1. The number of aliphatic imine (C=N–C) groups is 1. The SMILES string of the molecule is CCNC(=NCC1CCS(=O)(=O)C1)NC1CC(C)(C)Oc2cc(F)ccc21.I. The maximum atomic E-state index is 13.6. The van der Waals surface area contributed by atoms with Crippen molar-refractivity contribution in [2.24, 2.45) is 10.9 Å². The molecule has 0 aliphatic carbocycles. The molecule has 0 aromatic heterocycles. The summed E-state index contributed by atoms with van der Waals surface area (Å²) in [5.41, 5.74) is 0.458. The highest BCUT2D eigenvalue weighted by atomic mass is 127. The average Bonchev–Trinajstić information content (AvgIpc) is 2.90. The van der Waals surface area contributed by atoms with Gasteiger partial charge in [0.15, 0.2) is 15.8 Å². The van der Waals surface area contributed by atoms with Crippen molar-refractivity contribution < 1.29 is 17.5 Å². The number of guanidine groups is 1. The van der Waals surface area contributed by atoms with Gasteiger partial charge in [-0.3, -0.25) is 4.99 Å². The lowest BCUT2D eigenvalue weighted by atomic mass is 9.89. The lowest BCUT2D eigenvalue weighted by Crippen LogP contribution is -2.45. The summed E-state index contributed by atoms with van der Waals surface area (Å²) >= 11 is 0. The Morgan fingerprint density at radius 2 is 2.14 bits per heavy atom. The molecule has 2 heterocycles. The summed E-state index contributed by atoms with van der Waals surface area (Å²) in [6.07, 6.45) is 1.37. The van der Waals surface area contributed by atoms with Gasteiger partial charge in [0.1, 0.15) is 17.2 Å². The fourth-order valence-corrected chi connectivity index (χ4v) is 5.52. The van der Waals surface area contributed by atoms with Gasteiger partial charge in [-0.15, -0.1) is 24.0 Å². The van der Waals surface area contributed by atoms with Crippen LogP contribution >= 0.6 is 24.0 Å². The van der Waals surface area contributed by atoms with Crippen molar-refractivity contribution in [3.8, 4) is 5.75 Å². The van der Waals surface area contributed by atoms with Crippen LogP contribution in [0.3, 0.4) is 0 Å². The first-order valence-electron chi connectivity index (χ1n) is 9.41. The minimum atomic E-state index is -2.90. The van der Waals surface area contributed by atoms with E-state index in [9.17, 15) is 12.8 Å². The van der Waals surface area contributed by atoms with E-state index in [4.69, 9.17) is 4.74 Å². The zero-order valence-corrected chi connectivity index (χ0v) is 19.6. The molecule has 2 N–H and O–H groups in total. The van der Waals surface area contributed by atoms with E-state index in [1.54, 1.807) is 6.07 Å². The lowest BCUT2D eigenvalue weighted by Gasteiger charge is -2.38. The second kappa shape index (κ2) is 9.15. The molecule has 1 saturated heterocycles. The molecule has 2 aliphatic heterocycles. The number of ether oxygens (including phenoxy) is 1. The van der Waals surface area contributed by atoms with Crippen LogP contribution in [0.2, 0.25) is 0 Å². The minimum Gasteiger partial charge on any atom is -0.487 e. The van der Waals surface area contributed by atoms with Crippen molar-refractivity contribution in [3.63, 3.8) is 0 Å². The summed E-state index contributed by atoms with van der Waals surface area (Å²) in [6.45, 7) is 7.09. The first-order chi connectivity index (χ1) is 12.7. The second-order valence-corrected chi connectivity index (χ2v) is 10.2. The van der Waals surface area contributed by atoms with Crippen LogP contribution in [-0.4, -0.2) is 44.6 Å². The molecule has 1 fully saturated rings. The largest absolute Gasteiger partial charge is 0.487 e. The molecule has 0 spiro atoms. The van der Waals surface area contributed by atoms with Crippen molar-refractivity contribution in [1.29, 1.82) is 0 Å². The summed E-state index contributed by atoms with van der Waals surface area (Å²) in [5.74, 6) is 1.39. The molecule has 2 unspecified atom stereocenters. The van der Waals surface area contributed by atoms with E-state index in [-0.39, 0.29) is 53.3 Å². The van der Waals surface area contributed by atoms with Gasteiger partial charge in [0.25, 0.3) is 0 Å². The van der Waals surface area contributed by atoms with Crippen molar-refractivity contribution in [3.05, 3.63) is 29.6 Å². The number of hydrogen-bond acceptors (Lipinski definition) is 4.